The largest absolute Gasteiger partial charge is 0.404 e. The van der Waals surface area contributed by atoms with E-state index in [1.165, 1.54) is 29.2 Å². The second kappa shape index (κ2) is 7.20. The number of halogens is 1. The lowest BCUT2D eigenvalue weighted by atomic mass is 9.95. The van der Waals surface area contributed by atoms with Crippen LogP contribution in [-0.4, -0.2) is 17.4 Å². The normalized spacial score (nSPS) is 18.9. The summed E-state index contributed by atoms with van der Waals surface area (Å²) in [7, 11) is 0. The Morgan fingerprint density at radius 1 is 1.67 bits per heavy atom. The van der Waals surface area contributed by atoms with Gasteiger partial charge in [-0.3, -0.25) is 4.79 Å². The number of rotatable bonds is 4. The molecule has 0 bridgehead atoms. The molecule has 0 aliphatic carbocycles. The maximum Gasteiger partial charge on any atom is 0.246 e. The highest BCUT2D eigenvalue weighted by Crippen LogP contribution is 2.38. The highest BCUT2D eigenvalue weighted by molar-refractivity contribution is 8.05. The van der Waals surface area contributed by atoms with Crippen LogP contribution in [0.1, 0.15) is 23.3 Å². The van der Waals surface area contributed by atoms with Crippen LogP contribution >= 0.6 is 34.7 Å². The second-order valence-electron chi connectivity index (χ2n) is 4.68. The molecule has 2 N–H and O–H groups in total. The van der Waals surface area contributed by atoms with Gasteiger partial charge in [0.05, 0.1) is 10.9 Å². The Morgan fingerprint density at radius 3 is 3.10 bits per heavy atom. The Kier molecular flexibility index (Phi) is 5.56. The third kappa shape index (κ3) is 3.93. The van der Waals surface area contributed by atoms with Gasteiger partial charge < -0.3 is 10.6 Å². The van der Waals surface area contributed by atoms with Crippen LogP contribution in [0.4, 0.5) is 0 Å². The number of amides is 1. The SMILES string of the molecule is C=CC(=O)N1Cc2sc(Cl)cc2[C@@H](/C=C(\C)S/C=C\N)C1. The summed E-state index contributed by atoms with van der Waals surface area (Å²) in [5, 5.41) is 1.84. The molecule has 0 saturated heterocycles. The Bertz CT molecular complexity index is 607. The van der Waals surface area contributed by atoms with Crippen molar-refractivity contribution in [3.63, 3.8) is 0 Å². The molecule has 1 amide bonds. The molecule has 3 nitrogen and oxygen atoms in total. The van der Waals surface area contributed by atoms with Crippen LogP contribution in [0.5, 0.6) is 0 Å². The third-order valence-corrected chi connectivity index (χ3v) is 5.28. The molecule has 21 heavy (non-hydrogen) atoms. The monoisotopic (exact) mass is 340 g/mol. The molecular weight excluding hydrogens is 324 g/mol. The molecule has 0 unspecified atom stereocenters. The lowest BCUT2D eigenvalue weighted by Gasteiger charge is -2.31. The standard InChI is InChI=1S/C15H17ClN2OS2/c1-3-15(19)18-8-11(6-10(2)20-5-4-17)12-7-14(16)21-13(12)9-18/h3-7,11H,1,8-9,17H2,2H3/b5-4-,10-6+/t11-/m0/s1. The summed E-state index contributed by atoms with van der Waals surface area (Å²) >= 11 is 9.25. The molecule has 0 fully saturated rings. The lowest BCUT2D eigenvalue weighted by molar-refractivity contribution is -0.127. The summed E-state index contributed by atoms with van der Waals surface area (Å²) in [4.78, 5) is 16.0. The fourth-order valence-electron chi connectivity index (χ4n) is 2.33. The van der Waals surface area contributed by atoms with Crippen LogP contribution in [-0.2, 0) is 11.3 Å². The molecule has 1 aromatic heterocycles. The van der Waals surface area contributed by atoms with Gasteiger partial charge in [-0.2, -0.15) is 0 Å². The summed E-state index contributed by atoms with van der Waals surface area (Å²) in [6.45, 7) is 6.86. The van der Waals surface area contributed by atoms with Gasteiger partial charge in [0.2, 0.25) is 5.91 Å². The molecule has 1 aromatic rings. The Morgan fingerprint density at radius 2 is 2.43 bits per heavy atom. The van der Waals surface area contributed by atoms with Crippen molar-refractivity contribution < 1.29 is 4.79 Å². The maximum absolute atomic E-state index is 11.9. The number of thioether (sulfide) groups is 1. The van der Waals surface area contributed by atoms with E-state index in [9.17, 15) is 4.79 Å². The number of fused-ring (bicyclic) bond motifs is 1. The molecular formula is C15H17ClN2OS2. The quantitative estimate of drug-likeness (QED) is 0.840. The molecule has 0 saturated carbocycles. The van der Waals surface area contributed by atoms with E-state index in [4.69, 9.17) is 17.3 Å². The summed E-state index contributed by atoms with van der Waals surface area (Å²) in [6.07, 6.45) is 5.04. The van der Waals surface area contributed by atoms with E-state index >= 15 is 0 Å². The van der Waals surface area contributed by atoms with Crippen molar-refractivity contribution in [2.45, 2.75) is 19.4 Å². The van der Waals surface area contributed by atoms with E-state index in [1.807, 2.05) is 18.4 Å². The molecule has 1 aliphatic heterocycles. The van der Waals surface area contributed by atoms with Gasteiger partial charge >= 0.3 is 0 Å². The molecule has 1 aliphatic rings. The number of nitrogens with zero attached hydrogens (tertiary/aromatic N) is 1. The van der Waals surface area contributed by atoms with Crippen molar-refractivity contribution in [3.8, 4) is 0 Å². The first-order valence-electron chi connectivity index (χ1n) is 6.46. The third-order valence-electron chi connectivity index (χ3n) is 3.22. The van der Waals surface area contributed by atoms with E-state index < -0.39 is 0 Å². The Hall–Kier alpha value is -1.17. The summed E-state index contributed by atoms with van der Waals surface area (Å²) < 4.78 is 0.762. The van der Waals surface area contributed by atoms with Crippen molar-refractivity contribution >= 4 is 40.6 Å². The minimum absolute atomic E-state index is 0.0456. The van der Waals surface area contributed by atoms with Crippen molar-refractivity contribution in [1.29, 1.82) is 0 Å². The molecule has 6 heteroatoms. The van der Waals surface area contributed by atoms with Gasteiger partial charge in [0.25, 0.3) is 0 Å². The zero-order valence-corrected chi connectivity index (χ0v) is 14.1. The van der Waals surface area contributed by atoms with Gasteiger partial charge in [-0.05, 0) is 34.9 Å². The first-order chi connectivity index (χ1) is 10.0. The van der Waals surface area contributed by atoms with Crippen LogP contribution in [0.15, 0.2) is 41.3 Å². The minimum atomic E-state index is -0.0456. The van der Waals surface area contributed by atoms with Gasteiger partial charge in [-0.15, -0.1) is 23.1 Å². The number of nitrogens with two attached hydrogens (primary N) is 1. The first-order valence-corrected chi connectivity index (χ1v) is 8.53. The first kappa shape index (κ1) is 16.2. The van der Waals surface area contributed by atoms with Crippen molar-refractivity contribution in [2.75, 3.05) is 6.54 Å². The van der Waals surface area contributed by atoms with Crippen LogP contribution < -0.4 is 5.73 Å². The van der Waals surface area contributed by atoms with Gasteiger partial charge in [0.1, 0.15) is 0 Å². The summed E-state index contributed by atoms with van der Waals surface area (Å²) in [6, 6.07) is 2.01. The molecule has 0 aromatic carbocycles. The van der Waals surface area contributed by atoms with E-state index in [0.717, 1.165) is 14.1 Å². The fourth-order valence-corrected chi connectivity index (χ4v) is 4.23. The fraction of sp³-hybridized carbons (Fsp3) is 0.267. The van der Waals surface area contributed by atoms with E-state index in [-0.39, 0.29) is 11.8 Å². The van der Waals surface area contributed by atoms with Gasteiger partial charge in [-0.1, -0.05) is 24.3 Å². The van der Waals surface area contributed by atoms with Crippen molar-refractivity contribution in [1.82, 2.24) is 4.90 Å². The van der Waals surface area contributed by atoms with Crippen LogP contribution in [0, 0.1) is 0 Å². The van der Waals surface area contributed by atoms with Gasteiger partial charge in [0.15, 0.2) is 0 Å². The smallest absolute Gasteiger partial charge is 0.246 e. The Balaban J connectivity index is 2.30. The van der Waals surface area contributed by atoms with Crippen molar-refractivity contribution in [2.24, 2.45) is 5.73 Å². The zero-order valence-electron chi connectivity index (χ0n) is 11.7. The predicted molar refractivity (Wildman–Crippen MR) is 92.4 cm³/mol. The number of carbonyl (C=O) groups excluding carboxylic acids is 1. The van der Waals surface area contributed by atoms with Crippen molar-refractivity contribution in [3.05, 3.63) is 56.1 Å². The molecule has 2 heterocycles. The predicted octanol–water partition coefficient (Wildman–Crippen LogP) is 4.08. The minimum Gasteiger partial charge on any atom is -0.404 e. The lowest BCUT2D eigenvalue weighted by Crippen LogP contribution is -2.36. The molecule has 1 atom stereocenters. The average Bonchev–Trinajstić information content (AvgIpc) is 2.84. The molecule has 2 rings (SSSR count). The second-order valence-corrected chi connectivity index (χ2v) is 7.60. The highest BCUT2D eigenvalue weighted by Gasteiger charge is 2.28. The Labute approximate surface area is 138 Å². The molecule has 112 valence electrons. The molecule has 0 spiro atoms. The van der Waals surface area contributed by atoms with Crippen LogP contribution in [0.3, 0.4) is 0 Å². The van der Waals surface area contributed by atoms with Crippen LogP contribution in [0.2, 0.25) is 4.34 Å². The van der Waals surface area contributed by atoms with Gasteiger partial charge in [0, 0.05) is 23.5 Å². The number of allylic oxidation sites excluding steroid dienone is 1. The van der Waals surface area contributed by atoms with E-state index in [0.29, 0.717) is 13.1 Å². The topological polar surface area (TPSA) is 46.3 Å². The van der Waals surface area contributed by atoms with E-state index in [2.05, 4.69) is 12.7 Å². The number of thiophene rings is 1. The summed E-state index contributed by atoms with van der Waals surface area (Å²) in [5.74, 6) is 0.107. The zero-order chi connectivity index (χ0) is 15.4. The van der Waals surface area contributed by atoms with E-state index in [1.54, 1.807) is 16.7 Å². The van der Waals surface area contributed by atoms with Crippen LogP contribution in [0.25, 0.3) is 0 Å². The summed E-state index contributed by atoms with van der Waals surface area (Å²) in [5.41, 5.74) is 6.58. The maximum atomic E-state index is 11.9. The number of hydrogen-bond acceptors (Lipinski definition) is 4. The van der Waals surface area contributed by atoms with Gasteiger partial charge in [-0.25, -0.2) is 0 Å². The molecule has 0 radical (unpaired) electrons. The number of hydrogen-bond donors (Lipinski definition) is 1. The average molecular weight is 341 g/mol. The highest BCUT2D eigenvalue weighted by atomic mass is 35.5. The number of carbonyl (C=O) groups is 1.